The zero-order valence-electron chi connectivity index (χ0n) is 9.61. The topological polar surface area (TPSA) is 3.24 Å². The number of nitrogens with zero attached hydrogens (tertiary/aromatic N) is 1. The van der Waals surface area contributed by atoms with Crippen molar-refractivity contribution < 1.29 is 0 Å². The van der Waals surface area contributed by atoms with Crippen molar-refractivity contribution in [1.82, 2.24) is 4.90 Å². The Labute approximate surface area is 92.4 Å². The van der Waals surface area contributed by atoms with Crippen molar-refractivity contribution in [2.45, 2.75) is 26.3 Å². The Balaban J connectivity index is 2.04. The van der Waals surface area contributed by atoms with Crippen molar-refractivity contribution in [1.29, 1.82) is 0 Å². The van der Waals surface area contributed by atoms with Gasteiger partial charge < -0.3 is 0 Å². The average molecular weight is 201 g/mol. The van der Waals surface area contributed by atoms with Gasteiger partial charge in [0.25, 0.3) is 0 Å². The van der Waals surface area contributed by atoms with E-state index in [1.165, 1.54) is 11.1 Å². The Hall–Kier alpha value is -1.08. The number of rotatable bonds is 3. The first-order chi connectivity index (χ1) is 7.25. The fourth-order valence-corrected chi connectivity index (χ4v) is 1.96. The molecule has 1 heterocycles. The lowest BCUT2D eigenvalue weighted by molar-refractivity contribution is 0.345. The molecule has 80 valence electrons. The molecule has 1 heteroatoms. The molecule has 0 amide bonds. The third-order valence-corrected chi connectivity index (χ3v) is 2.92. The number of hydrogen-bond acceptors (Lipinski definition) is 1. The van der Waals surface area contributed by atoms with Gasteiger partial charge in [0, 0.05) is 19.6 Å². The first kappa shape index (κ1) is 10.4. The van der Waals surface area contributed by atoms with Crippen LogP contribution in [0, 0.1) is 0 Å². The van der Waals surface area contributed by atoms with E-state index in [4.69, 9.17) is 0 Å². The highest BCUT2D eigenvalue weighted by Gasteiger charge is 2.07. The highest BCUT2D eigenvalue weighted by Crippen LogP contribution is 2.17. The summed E-state index contributed by atoms with van der Waals surface area (Å²) >= 11 is 0. The highest BCUT2D eigenvalue weighted by molar-refractivity contribution is 5.25. The van der Waals surface area contributed by atoms with E-state index in [0.29, 0.717) is 5.92 Å². The fraction of sp³-hybridized carbons (Fsp3) is 0.429. The van der Waals surface area contributed by atoms with E-state index in [1.54, 1.807) is 0 Å². The van der Waals surface area contributed by atoms with Crippen LogP contribution in [0.1, 0.15) is 30.9 Å². The van der Waals surface area contributed by atoms with Gasteiger partial charge >= 0.3 is 0 Å². The van der Waals surface area contributed by atoms with E-state index in [0.717, 1.165) is 19.6 Å². The van der Waals surface area contributed by atoms with E-state index in [9.17, 15) is 0 Å². The second-order valence-electron chi connectivity index (χ2n) is 4.57. The maximum absolute atomic E-state index is 2.44. The summed E-state index contributed by atoms with van der Waals surface area (Å²) in [4.78, 5) is 2.44. The van der Waals surface area contributed by atoms with Crippen LogP contribution in [0.5, 0.6) is 0 Å². The molecule has 0 saturated carbocycles. The van der Waals surface area contributed by atoms with Gasteiger partial charge in [-0.15, -0.1) is 0 Å². The first-order valence-electron chi connectivity index (χ1n) is 5.72. The van der Waals surface area contributed by atoms with Crippen molar-refractivity contribution >= 4 is 0 Å². The summed E-state index contributed by atoms with van der Waals surface area (Å²) < 4.78 is 0. The summed E-state index contributed by atoms with van der Waals surface area (Å²) in [5.74, 6) is 0.627. The standard InChI is InChI=1S/C14H19N/c1-12(2)14-7-5-6-13(10-14)11-15-8-3-4-9-15/h3-7,10,12H,8-9,11H2,1-2H3. The molecule has 2 rings (SSSR count). The summed E-state index contributed by atoms with van der Waals surface area (Å²) in [5.41, 5.74) is 2.88. The van der Waals surface area contributed by atoms with Crippen LogP contribution in [0.25, 0.3) is 0 Å². The Morgan fingerprint density at radius 3 is 2.60 bits per heavy atom. The minimum atomic E-state index is 0.627. The largest absolute Gasteiger partial charge is 0.292 e. The molecule has 0 N–H and O–H groups in total. The Morgan fingerprint density at radius 2 is 1.93 bits per heavy atom. The van der Waals surface area contributed by atoms with E-state index < -0.39 is 0 Å². The summed E-state index contributed by atoms with van der Waals surface area (Å²) in [6, 6.07) is 8.96. The van der Waals surface area contributed by atoms with Crippen LogP contribution in [0.15, 0.2) is 36.4 Å². The zero-order valence-corrected chi connectivity index (χ0v) is 9.61. The van der Waals surface area contributed by atoms with Crippen molar-refractivity contribution in [3.05, 3.63) is 47.5 Å². The second kappa shape index (κ2) is 4.63. The molecule has 0 aromatic heterocycles. The van der Waals surface area contributed by atoms with Crippen LogP contribution >= 0.6 is 0 Å². The molecular weight excluding hydrogens is 182 g/mol. The van der Waals surface area contributed by atoms with Crippen molar-refractivity contribution in [2.75, 3.05) is 13.1 Å². The molecule has 0 bridgehead atoms. The van der Waals surface area contributed by atoms with Crippen LogP contribution in [0.4, 0.5) is 0 Å². The molecule has 0 radical (unpaired) electrons. The quantitative estimate of drug-likeness (QED) is 0.679. The summed E-state index contributed by atoms with van der Waals surface area (Å²) in [7, 11) is 0. The van der Waals surface area contributed by atoms with Gasteiger partial charge in [0.15, 0.2) is 0 Å². The lowest BCUT2D eigenvalue weighted by Crippen LogP contribution is -2.19. The van der Waals surface area contributed by atoms with Gasteiger partial charge in [-0.25, -0.2) is 0 Å². The van der Waals surface area contributed by atoms with Crippen LogP contribution in [0.3, 0.4) is 0 Å². The molecule has 0 spiro atoms. The SMILES string of the molecule is CC(C)c1cccc(CN2CC=CC2)c1. The summed E-state index contributed by atoms with van der Waals surface area (Å²) in [5, 5.41) is 0. The average Bonchev–Trinajstić information content (AvgIpc) is 2.71. The molecule has 15 heavy (non-hydrogen) atoms. The Morgan fingerprint density at radius 1 is 1.20 bits per heavy atom. The summed E-state index contributed by atoms with van der Waals surface area (Å²) in [6.45, 7) is 7.78. The van der Waals surface area contributed by atoms with Crippen LogP contribution < -0.4 is 0 Å². The normalized spacial score (nSPS) is 16.5. The van der Waals surface area contributed by atoms with Gasteiger partial charge in [-0.05, 0) is 17.0 Å². The van der Waals surface area contributed by atoms with Gasteiger partial charge in [0.2, 0.25) is 0 Å². The maximum Gasteiger partial charge on any atom is 0.0240 e. The summed E-state index contributed by atoms with van der Waals surface area (Å²) in [6.07, 6.45) is 4.48. The first-order valence-corrected chi connectivity index (χ1v) is 5.72. The Bertz CT molecular complexity index is 344. The molecule has 0 aliphatic carbocycles. The van der Waals surface area contributed by atoms with Crippen molar-refractivity contribution in [2.24, 2.45) is 0 Å². The molecule has 0 atom stereocenters. The number of hydrogen-bond donors (Lipinski definition) is 0. The molecule has 1 aromatic rings. The molecule has 1 aliphatic rings. The van der Waals surface area contributed by atoms with Gasteiger partial charge in [-0.3, -0.25) is 4.90 Å². The highest BCUT2D eigenvalue weighted by atomic mass is 15.1. The number of benzene rings is 1. The van der Waals surface area contributed by atoms with Gasteiger partial charge in [0.05, 0.1) is 0 Å². The minimum Gasteiger partial charge on any atom is -0.292 e. The van der Waals surface area contributed by atoms with Crippen LogP contribution in [0.2, 0.25) is 0 Å². The molecule has 1 nitrogen and oxygen atoms in total. The molecular formula is C14H19N. The van der Waals surface area contributed by atoms with E-state index in [1.807, 2.05) is 0 Å². The lowest BCUT2D eigenvalue weighted by atomic mass is 10.0. The van der Waals surface area contributed by atoms with Gasteiger partial charge in [0.1, 0.15) is 0 Å². The zero-order chi connectivity index (χ0) is 10.7. The molecule has 0 fully saturated rings. The fourth-order valence-electron chi connectivity index (χ4n) is 1.96. The van der Waals surface area contributed by atoms with Crippen molar-refractivity contribution in [3.63, 3.8) is 0 Å². The third kappa shape index (κ3) is 2.69. The molecule has 0 saturated heterocycles. The van der Waals surface area contributed by atoms with Gasteiger partial charge in [-0.2, -0.15) is 0 Å². The Kier molecular flexibility index (Phi) is 3.22. The molecule has 0 unspecified atom stereocenters. The predicted octanol–water partition coefficient (Wildman–Crippen LogP) is 3.18. The molecule has 1 aromatic carbocycles. The van der Waals surface area contributed by atoms with Crippen molar-refractivity contribution in [3.8, 4) is 0 Å². The van der Waals surface area contributed by atoms with E-state index >= 15 is 0 Å². The monoisotopic (exact) mass is 201 g/mol. The third-order valence-electron chi connectivity index (χ3n) is 2.92. The van der Waals surface area contributed by atoms with E-state index in [-0.39, 0.29) is 0 Å². The second-order valence-corrected chi connectivity index (χ2v) is 4.57. The maximum atomic E-state index is 2.44. The van der Waals surface area contributed by atoms with Crippen LogP contribution in [-0.4, -0.2) is 18.0 Å². The molecule has 1 aliphatic heterocycles. The smallest absolute Gasteiger partial charge is 0.0240 e. The van der Waals surface area contributed by atoms with Crippen LogP contribution in [-0.2, 0) is 6.54 Å². The lowest BCUT2D eigenvalue weighted by Gasteiger charge is -2.15. The minimum absolute atomic E-state index is 0.627. The van der Waals surface area contributed by atoms with E-state index in [2.05, 4.69) is 55.2 Å². The predicted molar refractivity (Wildman–Crippen MR) is 64.9 cm³/mol. The van der Waals surface area contributed by atoms with Gasteiger partial charge in [-0.1, -0.05) is 50.3 Å².